The number of unbranched alkanes of at least 4 members (excludes halogenated alkanes) is 2. The highest BCUT2D eigenvalue weighted by Gasteiger charge is 2.27. The molecular formula is C25H28N4O2S. The van der Waals surface area contributed by atoms with E-state index in [1.807, 2.05) is 49.5 Å². The van der Waals surface area contributed by atoms with Gasteiger partial charge >= 0.3 is 0 Å². The number of carbonyl (C=O) groups is 2. The van der Waals surface area contributed by atoms with Crippen LogP contribution in [0.25, 0.3) is 11.3 Å². The maximum absolute atomic E-state index is 12.7. The molecule has 32 heavy (non-hydrogen) atoms. The molecule has 0 spiro atoms. The van der Waals surface area contributed by atoms with Gasteiger partial charge in [0.15, 0.2) is 0 Å². The summed E-state index contributed by atoms with van der Waals surface area (Å²) in [5.41, 5.74) is 4.06. The predicted octanol–water partition coefficient (Wildman–Crippen LogP) is 4.39. The van der Waals surface area contributed by atoms with Gasteiger partial charge in [-0.1, -0.05) is 48.9 Å². The number of fused-ring (bicyclic) bond motifs is 1. The molecule has 0 atom stereocenters. The van der Waals surface area contributed by atoms with Gasteiger partial charge in [-0.25, -0.2) is 0 Å². The lowest BCUT2D eigenvalue weighted by atomic mass is 10.1. The number of benzene rings is 2. The molecule has 0 saturated heterocycles. The smallest absolute Gasteiger partial charge is 0.242 e. The minimum Gasteiger partial charge on any atom is -0.344 e. The molecule has 2 amide bonds. The summed E-state index contributed by atoms with van der Waals surface area (Å²) in [6, 6.07) is 20.0. The van der Waals surface area contributed by atoms with E-state index in [-0.39, 0.29) is 18.4 Å². The number of nitrogens with zero attached hydrogens (tertiary/aromatic N) is 3. The molecule has 2 heterocycles. The Morgan fingerprint density at radius 2 is 1.88 bits per heavy atom. The van der Waals surface area contributed by atoms with Gasteiger partial charge in [0.2, 0.25) is 11.8 Å². The van der Waals surface area contributed by atoms with E-state index in [1.165, 1.54) is 11.8 Å². The summed E-state index contributed by atoms with van der Waals surface area (Å²) in [6.45, 7) is 0.790. The zero-order chi connectivity index (χ0) is 22.3. The number of nitrogens with one attached hydrogen (secondary N) is 1. The van der Waals surface area contributed by atoms with Gasteiger partial charge in [-0.05, 0) is 37.5 Å². The number of hydrogen-bond acceptors (Lipinski definition) is 4. The number of aryl methyl sites for hydroxylation is 1. The van der Waals surface area contributed by atoms with Gasteiger partial charge < -0.3 is 9.80 Å². The molecular weight excluding hydrogens is 420 g/mol. The number of aromatic nitrogens is 2. The van der Waals surface area contributed by atoms with Gasteiger partial charge in [-0.15, -0.1) is 11.8 Å². The summed E-state index contributed by atoms with van der Waals surface area (Å²) in [7, 11) is 1.82. The fourth-order valence-electron chi connectivity index (χ4n) is 3.80. The molecule has 7 heteroatoms. The summed E-state index contributed by atoms with van der Waals surface area (Å²) in [4.78, 5) is 29.5. The number of likely N-dealkylation sites (N-methyl/N-ethyl adjacent to an activating group) is 1. The van der Waals surface area contributed by atoms with Crippen LogP contribution in [0, 0.1) is 0 Å². The van der Waals surface area contributed by atoms with Crippen LogP contribution in [-0.2, 0) is 16.0 Å². The highest BCUT2D eigenvalue weighted by Crippen LogP contribution is 2.34. The monoisotopic (exact) mass is 448 g/mol. The van der Waals surface area contributed by atoms with Crippen molar-refractivity contribution >= 4 is 29.3 Å². The average Bonchev–Trinajstić information content (AvgIpc) is 3.30. The molecule has 0 fully saturated rings. The van der Waals surface area contributed by atoms with Crippen molar-refractivity contribution in [3.05, 3.63) is 66.4 Å². The largest absolute Gasteiger partial charge is 0.344 e. The van der Waals surface area contributed by atoms with Gasteiger partial charge in [0.1, 0.15) is 6.54 Å². The number of hydrogen-bond donors (Lipinski definition) is 1. The molecule has 6 nitrogen and oxygen atoms in total. The molecule has 1 aliphatic heterocycles. The lowest BCUT2D eigenvalue weighted by molar-refractivity contribution is -0.130. The van der Waals surface area contributed by atoms with Gasteiger partial charge in [0, 0.05) is 29.7 Å². The van der Waals surface area contributed by atoms with E-state index in [0.29, 0.717) is 12.3 Å². The van der Waals surface area contributed by atoms with Crippen molar-refractivity contribution in [1.29, 1.82) is 0 Å². The first-order valence-electron chi connectivity index (χ1n) is 11.0. The molecule has 3 aromatic rings. The quantitative estimate of drug-likeness (QED) is 0.493. The van der Waals surface area contributed by atoms with E-state index in [4.69, 9.17) is 0 Å². The Bertz CT molecular complexity index is 1070. The third-order valence-corrected chi connectivity index (χ3v) is 6.71. The van der Waals surface area contributed by atoms with Crippen LogP contribution in [0.5, 0.6) is 0 Å². The number of para-hydroxylation sites is 1. The number of carbonyl (C=O) groups excluding carboxylic acids is 2. The molecule has 166 valence electrons. The van der Waals surface area contributed by atoms with E-state index < -0.39 is 0 Å². The maximum atomic E-state index is 12.7. The fourth-order valence-corrected chi connectivity index (χ4v) is 4.73. The van der Waals surface area contributed by atoms with E-state index in [9.17, 15) is 9.59 Å². The summed E-state index contributed by atoms with van der Waals surface area (Å²) in [6.07, 6.45) is 3.93. The molecule has 0 unspecified atom stereocenters. The number of thioether (sulfide) groups is 1. The van der Waals surface area contributed by atoms with Crippen LogP contribution in [0.2, 0.25) is 0 Å². The first-order valence-corrected chi connectivity index (χ1v) is 12.0. The SMILES string of the molecule is CN(CCCCCc1cc(-c2ccccc2)n[nH]1)C(=O)CN1C(=O)CSc2ccccc21. The molecule has 1 aliphatic rings. The molecule has 2 aromatic carbocycles. The van der Waals surface area contributed by atoms with E-state index >= 15 is 0 Å². The molecule has 1 aromatic heterocycles. The number of aromatic amines is 1. The van der Waals surface area contributed by atoms with Crippen molar-refractivity contribution in [2.75, 3.05) is 30.8 Å². The van der Waals surface area contributed by atoms with Crippen LogP contribution in [0.4, 0.5) is 5.69 Å². The molecule has 4 rings (SSSR count). The van der Waals surface area contributed by atoms with Crippen molar-refractivity contribution in [3.63, 3.8) is 0 Å². The van der Waals surface area contributed by atoms with Crippen molar-refractivity contribution in [3.8, 4) is 11.3 Å². The Morgan fingerprint density at radius 3 is 2.72 bits per heavy atom. The zero-order valence-electron chi connectivity index (χ0n) is 18.3. The number of H-pyrrole nitrogens is 1. The molecule has 0 bridgehead atoms. The maximum Gasteiger partial charge on any atom is 0.242 e. The average molecular weight is 449 g/mol. The normalized spacial score (nSPS) is 13.2. The Hall–Kier alpha value is -3.06. The van der Waals surface area contributed by atoms with Crippen LogP contribution in [0.15, 0.2) is 65.6 Å². The third-order valence-electron chi connectivity index (χ3n) is 5.67. The van der Waals surface area contributed by atoms with Gasteiger partial charge in [0.05, 0.1) is 17.1 Å². The van der Waals surface area contributed by atoms with E-state index in [0.717, 1.165) is 53.2 Å². The lowest BCUT2D eigenvalue weighted by Crippen LogP contribution is -2.44. The van der Waals surface area contributed by atoms with Gasteiger partial charge in [-0.3, -0.25) is 14.7 Å². The van der Waals surface area contributed by atoms with Crippen LogP contribution < -0.4 is 4.90 Å². The molecule has 0 radical (unpaired) electrons. The Balaban J connectivity index is 1.19. The summed E-state index contributed by atoms with van der Waals surface area (Å²) < 4.78 is 0. The van der Waals surface area contributed by atoms with E-state index in [1.54, 1.807) is 9.80 Å². The second-order valence-electron chi connectivity index (χ2n) is 8.01. The second kappa shape index (κ2) is 10.5. The molecule has 0 saturated carbocycles. The lowest BCUT2D eigenvalue weighted by Gasteiger charge is -2.30. The predicted molar refractivity (Wildman–Crippen MR) is 129 cm³/mol. The fraction of sp³-hybridized carbons (Fsp3) is 0.320. The van der Waals surface area contributed by atoms with Crippen LogP contribution in [0.3, 0.4) is 0 Å². The summed E-state index contributed by atoms with van der Waals surface area (Å²) in [5, 5.41) is 7.53. The van der Waals surface area contributed by atoms with Gasteiger partial charge in [0.25, 0.3) is 0 Å². The third kappa shape index (κ3) is 5.40. The van der Waals surface area contributed by atoms with Crippen LogP contribution in [0.1, 0.15) is 25.0 Å². The van der Waals surface area contributed by atoms with Gasteiger partial charge in [-0.2, -0.15) is 5.10 Å². The van der Waals surface area contributed by atoms with Crippen molar-refractivity contribution < 1.29 is 9.59 Å². The topological polar surface area (TPSA) is 69.3 Å². The Labute approximate surface area is 193 Å². The zero-order valence-corrected chi connectivity index (χ0v) is 19.1. The number of rotatable bonds is 9. The van der Waals surface area contributed by atoms with Crippen molar-refractivity contribution in [2.24, 2.45) is 0 Å². The standard InChI is InChI=1S/C25H28N4O2S/c1-28(24(30)17-29-22-13-7-8-14-23(22)32-18-25(29)31)15-9-3-6-12-20-16-21(27-26-20)19-10-4-2-5-11-19/h2,4-5,7-8,10-11,13-14,16H,3,6,9,12,15,17-18H2,1H3,(H,26,27). The highest BCUT2D eigenvalue weighted by molar-refractivity contribution is 8.00. The van der Waals surface area contributed by atoms with Crippen LogP contribution >= 0.6 is 11.8 Å². The number of amides is 2. The minimum atomic E-state index is -0.0267. The van der Waals surface area contributed by atoms with Crippen LogP contribution in [-0.4, -0.2) is 52.8 Å². The van der Waals surface area contributed by atoms with E-state index in [2.05, 4.69) is 28.4 Å². The highest BCUT2D eigenvalue weighted by atomic mass is 32.2. The number of anilines is 1. The van der Waals surface area contributed by atoms with Crippen molar-refractivity contribution in [1.82, 2.24) is 15.1 Å². The molecule has 1 N–H and O–H groups in total. The first-order chi connectivity index (χ1) is 15.6. The Morgan fingerprint density at radius 1 is 1.09 bits per heavy atom. The summed E-state index contributed by atoms with van der Waals surface area (Å²) >= 11 is 1.53. The minimum absolute atomic E-state index is 0.00937. The Kier molecular flexibility index (Phi) is 7.27. The first kappa shape index (κ1) is 22.1. The second-order valence-corrected chi connectivity index (χ2v) is 9.02. The summed E-state index contributed by atoms with van der Waals surface area (Å²) in [5.74, 6) is 0.346. The molecule has 0 aliphatic carbocycles. The van der Waals surface area contributed by atoms with Crippen molar-refractivity contribution in [2.45, 2.75) is 30.6 Å².